The van der Waals surface area contributed by atoms with Crippen molar-refractivity contribution in [2.24, 2.45) is 0 Å². The van der Waals surface area contributed by atoms with Crippen LogP contribution in [0.15, 0.2) is 24.3 Å². The quantitative estimate of drug-likeness (QED) is 0.673. The molecule has 0 unspecified atom stereocenters. The van der Waals surface area contributed by atoms with E-state index in [0.29, 0.717) is 4.34 Å². The van der Waals surface area contributed by atoms with Crippen LogP contribution in [-0.2, 0) is 16.1 Å². The fraction of sp³-hybridized carbons (Fsp3) is 0.200. The molecule has 1 amide bonds. The van der Waals surface area contributed by atoms with E-state index in [9.17, 15) is 14.0 Å². The Hall–Kier alpha value is -1.34. The molecule has 24 heavy (non-hydrogen) atoms. The first kappa shape index (κ1) is 19.0. The summed E-state index contributed by atoms with van der Waals surface area (Å²) in [6.45, 7) is -0.557. The largest absolute Gasteiger partial charge is 0.452 e. The van der Waals surface area contributed by atoms with Gasteiger partial charge in [0.05, 0.1) is 9.90 Å². The van der Waals surface area contributed by atoms with Gasteiger partial charge in [0.25, 0.3) is 5.91 Å². The number of carbonyl (C=O) groups is 2. The Bertz CT molecular complexity index is 761. The highest BCUT2D eigenvalue weighted by Crippen LogP contribution is 2.31. The minimum absolute atomic E-state index is 0.0487. The van der Waals surface area contributed by atoms with Crippen LogP contribution in [0, 0.1) is 5.82 Å². The Morgan fingerprint density at radius 2 is 2.00 bits per heavy atom. The predicted molar refractivity (Wildman–Crippen MR) is 92.5 cm³/mol. The van der Waals surface area contributed by atoms with Crippen LogP contribution >= 0.6 is 46.1 Å². The second-order valence-corrected chi connectivity index (χ2v) is 7.46. The smallest absolute Gasteiger partial charge is 0.341 e. The van der Waals surface area contributed by atoms with Crippen LogP contribution in [0.3, 0.4) is 0 Å². The fourth-order valence-corrected chi connectivity index (χ4v) is 3.47. The maximum Gasteiger partial charge on any atom is 0.341 e. The summed E-state index contributed by atoms with van der Waals surface area (Å²) in [6.07, 6.45) is 0. The zero-order valence-corrected chi connectivity index (χ0v) is 15.4. The third kappa shape index (κ3) is 4.60. The van der Waals surface area contributed by atoms with Crippen molar-refractivity contribution in [1.82, 2.24) is 4.90 Å². The zero-order valence-electron chi connectivity index (χ0n) is 12.3. The molecular formula is C15H11Cl3FNO3S. The summed E-state index contributed by atoms with van der Waals surface area (Å²) in [7, 11) is 1.45. The van der Waals surface area contributed by atoms with Crippen molar-refractivity contribution in [3.05, 3.63) is 54.9 Å². The van der Waals surface area contributed by atoms with Crippen molar-refractivity contribution in [3.8, 4) is 0 Å². The lowest BCUT2D eigenvalue weighted by atomic mass is 10.2. The van der Waals surface area contributed by atoms with E-state index in [4.69, 9.17) is 39.5 Å². The van der Waals surface area contributed by atoms with Gasteiger partial charge in [-0.2, -0.15) is 0 Å². The molecule has 1 heterocycles. The molecule has 0 spiro atoms. The maximum atomic E-state index is 13.7. The van der Waals surface area contributed by atoms with E-state index in [-0.39, 0.29) is 27.0 Å². The summed E-state index contributed by atoms with van der Waals surface area (Å²) >= 11 is 18.5. The highest BCUT2D eigenvalue weighted by molar-refractivity contribution is 7.20. The normalized spacial score (nSPS) is 10.5. The fourth-order valence-electron chi connectivity index (χ4n) is 1.80. The topological polar surface area (TPSA) is 46.6 Å². The standard InChI is InChI=1S/C15H11Cl3FNO3S/c1-20(6-9-10(16)3-2-4-11(9)19)13(21)7-23-15(22)8-5-12(17)24-14(8)18/h2-5H,6-7H2,1H3. The molecule has 0 atom stereocenters. The van der Waals surface area contributed by atoms with Crippen LogP contribution in [0.1, 0.15) is 15.9 Å². The zero-order chi connectivity index (χ0) is 17.9. The number of esters is 1. The van der Waals surface area contributed by atoms with Gasteiger partial charge in [0.15, 0.2) is 6.61 Å². The van der Waals surface area contributed by atoms with Gasteiger partial charge < -0.3 is 9.64 Å². The van der Waals surface area contributed by atoms with E-state index >= 15 is 0 Å². The van der Waals surface area contributed by atoms with Crippen LogP contribution in [0.25, 0.3) is 0 Å². The van der Waals surface area contributed by atoms with E-state index in [1.165, 1.54) is 36.2 Å². The number of amides is 1. The molecular weight excluding hydrogens is 400 g/mol. The number of hydrogen-bond acceptors (Lipinski definition) is 4. The lowest BCUT2D eigenvalue weighted by Gasteiger charge is -2.18. The minimum Gasteiger partial charge on any atom is -0.452 e. The number of rotatable bonds is 5. The molecule has 0 N–H and O–H groups in total. The molecule has 2 aromatic rings. The van der Waals surface area contributed by atoms with Crippen LogP contribution < -0.4 is 0 Å². The lowest BCUT2D eigenvalue weighted by molar-refractivity contribution is -0.133. The Kier molecular flexibility index (Phi) is 6.46. The molecule has 4 nitrogen and oxygen atoms in total. The summed E-state index contributed by atoms with van der Waals surface area (Å²) in [4.78, 5) is 25.1. The molecule has 1 aromatic heterocycles. The Balaban J connectivity index is 1.95. The first-order valence-corrected chi connectivity index (χ1v) is 8.53. The van der Waals surface area contributed by atoms with Gasteiger partial charge in [-0.15, -0.1) is 11.3 Å². The average molecular weight is 411 g/mol. The maximum absolute atomic E-state index is 13.7. The molecule has 0 fully saturated rings. The second-order valence-electron chi connectivity index (χ2n) is 4.76. The first-order chi connectivity index (χ1) is 11.3. The highest BCUT2D eigenvalue weighted by atomic mass is 35.5. The van der Waals surface area contributed by atoms with Crippen molar-refractivity contribution < 1.29 is 18.7 Å². The molecule has 0 saturated heterocycles. The Morgan fingerprint density at radius 3 is 2.58 bits per heavy atom. The van der Waals surface area contributed by atoms with Gasteiger partial charge in [-0.25, -0.2) is 9.18 Å². The van der Waals surface area contributed by atoms with E-state index in [1.54, 1.807) is 0 Å². The van der Waals surface area contributed by atoms with Crippen LogP contribution in [0.4, 0.5) is 4.39 Å². The molecule has 9 heteroatoms. The summed E-state index contributed by atoms with van der Waals surface area (Å²) in [5.41, 5.74) is 0.285. The number of benzene rings is 1. The monoisotopic (exact) mass is 409 g/mol. The van der Waals surface area contributed by atoms with E-state index < -0.39 is 24.3 Å². The first-order valence-electron chi connectivity index (χ1n) is 6.58. The van der Waals surface area contributed by atoms with Gasteiger partial charge in [0.1, 0.15) is 10.2 Å². The third-order valence-corrected chi connectivity index (χ3v) is 4.93. The third-order valence-electron chi connectivity index (χ3n) is 3.09. The van der Waals surface area contributed by atoms with Gasteiger partial charge in [0, 0.05) is 24.2 Å². The molecule has 1 aromatic carbocycles. The summed E-state index contributed by atoms with van der Waals surface area (Å²) in [5, 5.41) is 0.214. The number of ether oxygens (including phenoxy) is 1. The number of likely N-dealkylation sites (N-methyl/N-ethyl adjacent to an activating group) is 1. The SMILES string of the molecule is CN(Cc1c(F)cccc1Cl)C(=O)COC(=O)c1cc(Cl)sc1Cl. The van der Waals surface area contributed by atoms with Gasteiger partial charge in [-0.05, 0) is 18.2 Å². The molecule has 0 radical (unpaired) electrons. The number of thiophene rings is 1. The summed E-state index contributed by atoms with van der Waals surface area (Å²) in [6, 6.07) is 5.62. The molecule has 0 saturated carbocycles. The van der Waals surface area contributed by atoms with E-state index in [2.05, 4.69) is 0 Å². The molecule has 0 aliphatic carbocycles. The number of nitrogens with zero attached hydrogens (tertiary/aromatic N) is 1. The second kappa shape index (κ2) is 8.16. The molecule has 0 aliphatic heterocycles. The van der Waals surface area contributed by atoms with Crippen LogP contribution in [0.2, 0.25) is 13.7 Å². The van der Waals surface area contributed by atoms with Crippen LogP contribution in [0.5, 0.6) is 0 Å². The Morgan fingerprint density at radius 1 is 1.29 bits per heavy atom. The van der Waals surface area contributed by atoms with E-state index in [0.717, 1.165) is 11.3 Å². The predicted octanol–water partition coefficient (Wildman–Crippen LogP) is 4.66. The van der Waals surface area contributed by atoms with Gasteiger partial charge >= 0.3 is 5.97 Å². The lowest BCUT2D eigenvalue weighted by Crippen LogP contribution is -2.31. The van der Waals surface area contributed by atoms with Crippen molar-refractivity contribution in [1.29, 1.82) is 0 Å². The van der Waals surface area contributed by atoms with Gasteiger partial charge in [-0.3, -0.25) is 4.79 Å². The Labute approximate surface area is 156 Å². The highest BCUT2D eigenvalue weighted by Gasteiger charge is 2.19. The average Bonchev–Trinajstić information content (AvgIpc) is 2.86. The molecule has 0 bridgehead atoms. The van der Waals surface area contributed by atoms with Crippen molar-refractivity contribution >= 4 is 58.0 Å². The molecule has 2 rings (SSSR count). The van der Waals surface area contributed by atoms with Gasteiger partial charge in [-0.1, -0.05) is 40.9 Å². The number of hydrogen-bond donors (Lipinski definition) is 0. The van der Waals surface area contributed by atoms with Crippen LogP contribution in [-0.4, -0.2) is 30.4 Å². The summed E-state index contributed by atoms with van der Waals surface area (Å²) in [5.74, 6) is -1.78. The molecule has 0 aliphatic rings. The summed E-state index contributed by atoms with van der Waals surface area (Å²) < 4.78 is 19.2. The number of carbonyl (C=O) groups excluding carboxylic acids is 2. The van der Waals surface area contributed by atoms with Gasteiger partial charge in [0.2, 0.25) is 0 Å². The van der Waals surface area contributed by atoms with Crippen molar-refractivity contribution in [3.63, 3.8) is 0 Å². The van der Waals surface area contributed by atoms with Crippen molar-refractivity contribution in [2.45, 2.75) is 6.54 Å². The number of halogens is 4. The minimum atomic E-state index is -0.756. The van der Waals surface area contributed by atoms with Crippen molar-refractivity contribution in [2.75, 3.05) is 13.7 Å². The molecule has 128 valence electrons. The van der Waals surface area contributed by atoms with E-state index in [1.807, 2.05) is 0 Å².